The molecule has 0 bridgehead atoms. The van der Waals surface area contributed by atoms with Gasteiger partial charge >= 0.3 is 0 Å². The van der Waals surface area contributed by atoms with E-state index in [1.807, 2.05) is 0 Å². The van der Waals surface area contributed by atoms with E-state index in [1.54, 1.807) is 0 Å². The zero-order valence-electron chi connectivity index (χ0n) is 5.39. The Morgan fingerprint density at radius 1 is 1.45 bits per heavy atom. The van der Waals surface area contributed by atoms with Crippen molar-refractivity contribution in [2.24, 2.45) is 0 Å². The van der Waals surface area contributed by atoms with E-state index in [4.69, 9.17) is 5.73 Å². The molecule has 0 amide bonds. The smallest absolute Gasteiger partial charge is 0.282 e. The minimum Gasteiger partial charge on any atom is -0.395 e. The number of nitrogens with two attached hydrogens (primary N) is 1. The van der Waals surface area contributed by atoms with E-state index in [-0.39, 0.29) is 0 Å². The first-order valence-electron chi connectivity index (χ1n) is 2.81. The van der Waals surface area contributed by atoms with Gasteiger partial charge in [-0.05, 0) is 6.07 Å². The summed E-state index contributed by atoms with van der Waals surface area (Å²) in [5.41, 5.74) is 3.68. The lowest BCUT2D eigenvalue weighted by molar-refractivity contribution is 0.146. The fraction of sp³-hybridized carbons (Fsp3) is 0.167. The van der Waals surface area contributed by atoms with Crippen LogP contribution < -0.4 is 5.73 Å². The molecule has 1 aromatic heterocycles. The maximum atomic E-state index is 12.4. The normalized spacial score (nSPS) is 10.5. The van der Waals surface area contributed by atoms with Gasteiger partial charge in [0.1, 0.15) is 11.5 Å². The average molecular weight is 162 g/mol. The van der Waals surface area contributed by atoms with Gasteiger partial charge in [0.25, 0.3) is 6.43 Å². The number of hydrogen-bond acceptors (Lipinski definition) is 2. The molecule has 0 aromatic carbocycles. The highest BCUT2D eigenvalue weighted by Gasteiger charge is 2.14. The van der Waals surface area contributed by atoms with E-state index in [0.29, 0.717) is 0 Å². The summed E-state index contributed by atoms with van der Waals surface area (Å²) < 4.78 is 36.2. The van der Waals surface area contributed by atoms with Crippen LogP contribution in [0.2, 0.25) is 0 Å². The van der Waals surface area contributed by atoms with Crippen LogP contribution in [-0.2, 0) is 0 Å². The maximum absolute atomic E-state index is 12.4. The van der Waals surface area contributed by atoms with E-state index < -0.39 is 23.6 Å². The second-order valence-electron chi connectivity index (χ2n) is 1.89. The van der Waals surface area contributed by atoms with Gasteiger partial charge in [-0.25, -0.2) is 13.2 Å². The predicted molar refractivity (Wildman–Crippen MR) is 33.6 cm³/mol. The summed E-state index contributed by atoms with van der Waals surface area (Å²) in [6.07, 6.45) is -1.88. The lowest BCUT2D eigenvalue weighted by Crippen LogP contribution is -2.00. The third-order valence-corrected chi connectivity index (χ3v) is 1.17. The van der Waals surface area contributed by atoms with Crippen LogP contribution >= 0.6 is 0 Å². The van der Waals surface area contributed by atoms with Crippen LogP contribution in [0.3, 0.4) is 0 Å². The van der Waals surface area contributed by atoms with Crippen molar-refractivity contribution in [3.05, 3.63) is 23.8 Å². The van der Waals surface area contributed by atoms with Gasteiger partial charge in [0.2, 0.25) is 0 Å². The van der Waals surface area contributed by atoms with Gasteiger partial charge in [-0.3, -0.25) is 4.98 Å². The molecule has 0 fully saturated rings. The first kappa shape index (κ1) is 7.84. The lowest BCUT2D eigenvalue weighted by atomic mass is 10.3. The molecule has 0 radical (unpaired) electrons. The van der Waals surface area contributed by atoms with Crippen LogP contribution in [0.15, 0.2) is 12.3 Å². The molecule has 2 N–H and O–H groups in total. The number of pyridine rings is 1. The largest absolute Gasteiger partial charge is 0.395 e. The fourth-order valence-corrected chi connectivity index (χ4v) is 0.639. The first-order chi connectivity index (χ1) is 5.13. The number of aromatic nitrogens is 1. The molecule has 0 saturated heterocycles. The molecule has 0 aliphatic carbocycles. The Balaban J connectivity index is 3.17. The number of rotatable bonds is 1. The van der Waals surface area contributed by atoms with Crippen molar-refractivity contribution >= 4 is 5.69 Å². The quantitative estimate of drug-likeness (QED) is 0.683. The van der Waals surface area contributed by atoms with Gasteiger partial charge in [-0.2, -0.15) is 0 Å². The molecular formula is C6H5F3N2. The van der Waals surface area contributed by atoms with Crippen molar-refractivity contribution in [3.8, 4) is 0 Å². The zero-order valence-corrected chi connectivity index (χ0v) is 5.39. The van der Waals surface area contributed by atoms with Gasteiger partial charge in [0.05, 0.1) is 5.69 Å². The summed E-state index contributed by atoms with van der Waals surface area (Å²) >= 11 is 0. The SMILES string of the molecule is Nc1c(F)ccnc1C(F)F. The molecule has 0 spiro atoms. The predicted octanol–water partition coefficient (Wildman–Crippen LogP) is 1.74. The highest BCUT2D eigenvalue weighted by atomic mass is 19.3. The van der Waals surface area contributed by atoms with Crippen molar-refractivity contribution in [1.29, 1.82) is 0 Å². The highest BCUT2D eigenvalue weighted by molar-refractivity contribution is 5.44. The van der Waals surface area contributed by atoms with Crippen molar-refractivity contribution < 1.29 is 13.2 Å². The van der Waals surface area contributed by atoms with Gasteiger partial charge < -0.3 is 5.73 Å². The first-order valence-corrected chi connectivity index (χ1v) is 2.81. The molecule has 0 atom stereocenters. The van der Waals surface area contributed by atoms with E-state index in [0.717, 1.165) is 12.3 Å². The molecule has 0 aliphatic rings. The molecule has 0 unspecified atom stereocenters. The molecule has 1 rings (SSSR count). The number of nitrogen functional groups attached to an aromatic ring is 1. The Bertz CT molecular complexity index is 262. The second kappa shape index (κ2) is 2.77. The number of alkyl halides is 2. The molecular weight excluding hydrogens is 157 g/mol. The molecule has 2 nitrogen and oxygen atoms in total. The van der Waals surface area contributed by atoms with Crippen LogP contribution in [0.25, 0.3) is 0 Å². The Labute approximate surface area is 60.9 Å². The Hall–Kier alpha value is -1.26. The molecule has 60 valence electrons. The Kier molecular flexibility index (Phi) is 1.98. The number of anilines is 1. The van der Waals surface area contributed by atoms with E-state index >= 15 is 0 Å². The Morgan fingerprint density at radius 2 is 2.09 bits per heavy atom. The summed E-state index contributed by atoms with van der Waals surface area (Å²) in [5.74, 6) is -0.865. The minimum atomic E-state index is -2.83. The monoisotopic (exact) mass is 162 g/mol. The van der Waals surface area contributed by atoms with Crippen molar-refractivity contribution in [2.45, 2.75) is 6.43 Å². The van der Waals surface area contributed by atoms with Gasteiger partial charge in [-0.15, -0.1) is 0 Å². The standard InChI is InChI=1S/C6H5F3N2/c7-3-1-2-11-5(4(3)10)6(8)9/h1-2,6H,10H2. The second-order valence-corrected chi connectivity index (χ2v) is 1.89. The molecule has 0 aliphatic heterocycles. The summed E-state index contributed by atoms with van der Waals surface area (Å²) in [7, 11) is 0. The molecule has 5 heteroatoms. The number of nitrogens with zero attached hydrogens (tertiary/aromatic N) is 1. The maximum Gasteiger partial charge on any atom is 0.282 e. The van der Waals surface area contributed by atoms with Crippen molar-refractivity contribution in [2.75, 3.05) is 5.73 Å². The van der Waals surface area contributed by atoms with E-state index in [2.05, 4.69) is 4.98 Å². The topological polar surface area (TPSA) is 38.9 Å². The van der Waals surface area contributed by atoms with Gasteiger partial charge in [0.15, 0.2) is 0 Å². The molecule has 11 heavy (non-hydrogen) atoms. The third kappa shape index (κ3) is 1.42. The lowest BCUT2D eigenvalue weighted by Gasteiger charge is -2.02. The highest BCUT2D eigenvalue weighted by Crippen LogP contribution is 2.23. The van der Waals surface area contributed by atoms with Crippen LogP contribution in [-0.4, -0.2) is 4.98 Å². The van der Waals surface area contributed by atoms with Crippen LogP contribution in [0, 0.1) is 5.82 Å². The van der Waals surface area contributed by atoms with Crippen LogP contribution in [0.5, 0.6) is 0 Å². The zero-order chi connectivity index (χ0) is 8.43. The van der Waals surface area contributed by atoms with Gasteiger partial charge in [-0.1, -0.05) is 0 Å². The number of hydrogen-bond donors (Lipinski definition) is 1. The van der Waals surface area contributed by atoms with E-state index in [1.165, 1.54) is 0 Å². The number of halogens is 3. The van der Waals surface area contributed by atoms with Crippen molar-refractivity contribution in [3.63, 3.8) is 0 Å². The molecule has 1 heterocycles. The van der Waals surface area contributed by atoms with E-state index in [9.17, 15) is 13.2 Å². The van der Waals surface area contributed by atoms with Gasteiger partial charge in [0, 0.05) is 6.20 Å². The Morgan fingerprint density at radius 3 is 2.55 bits per heavy atom. The fourth-order valence-electron chi connectivity index (χ4n) is 0.639. The summed E-state index contributed by atoms with van der Waals surface area (Å²) in [5, 5.41) is 0. The summed E-state index contributed by atoms with van der Waals surface area (Å²) in [4.78, 5) is 3.22. The van der Waals surface area contributed by atoms with Crippen molar-refractivity contribution in [1.82, 2.24) is 4.98 Å². The van der Waals surface area contributed by atoms with Crippen LogP contribution in [0.1, 0.15) is 12.1 Å². The summed E-state index contributed by atoms with van der Waals surface area (Å²) in [6.45, 7) is 0. The minimum absolute atomic E-state index is 0.581. The van der Waals surface area contributed by atoms with Crippen LogP contribution in [0.4, 0.5) is 18.9 Å². The third-order valence-electron chi connectivity index (χ3n) is 1.17. The summed E-state index contributed by atoms with van der Waals surface area (Å²) in [6, 6.07) is 0.932. The molecule has 0 saturated carbocycles. The average Bonchev–Trinajstić information content (AvgIpc) is 1.94. The molecule has 1 aromatic rings.